The number of amides is 2. The van der Waals surface area contributed by atoms with Crippen LogP contribution < -0.4 is 5.32 Å². The molecule has 1 atom stereocenters. The van der Waals surface area contributed by atoms with Crippen LogP contribution in [0.2, 0.25) is 10.0 Å². The Morgan fingerprint density at radius 3 is 2.32 bits per heavy atom. The van der Waals surface area contributed by atoms with E-state index in [0.29, 0.717) is 28.7 Å². The van der Waals surface area contributed by atoms with Gasteiger partial charge in [0.1, 0.15) is 0 Å². The second-order valence-electron chi connectivity index (χ2n) is 6.02. The lowest BCUT2D eigenvalue weighted by Crippen LogP contribution is -2.41. The lowest BCUT2D eigenvalue weighted by atomic mass is 9.93. The van der Waals surface area contributed by atoms with Crippen LogP contribution in [0, 0.1) is 5.41 Å². The zero-order valence-electron chi connectivity index (χ0n) is 11.8. The van der Waals surface area contributed by atoms with Gasteiger partial charge < -0.3 is 15.3 Å². The number of carbonyl (C=O) groups excluding carboxylic acids is 1. The predicted molar refractivity (Wildman–Crippen MR) is 83.6 cm³/mol. The Balaban J connectivity index is 1.59. The van der Waals surface area contributed by atoms with Crippen molar-refractivity contribution in [2.75, 3.05) is 13.1 Å². The highest BCUT2D eigenvalue weighted by Gasteiger charge is 2.56. The van der Waals surface area contributed by atoms with Crippen molar-refractivity contribution in [1.29, 1.82) is 0 Å². The molecular weight excluding hydrogens is 327 g/mol. The number of hydrogen-bond acceptors (Lipinski definition) is 2. The summed E-state index contributed by atoms with van der Waals surface area (Å²) in [6, 6.07) is 4.87. The molecule has 1 saturated carbocycles. The fourth-order valence-electron chi connectivity index (χ4n) is 3.17. The zero-order valence-corrected chi connectivity index (χ0v) is 13.3. The van der Waals surface area contributed by atoms with Crippen molar-refractivity contribution in [3.05, 3.63) is 33.8 Å². The molecule has 1 heterocycles. The number of carbonyl (C=O) groups is 2. The van der Waals surface area contributed by atoms with Gasteiger partial charge in [-0.1, -0.05) is 23.2 Å². The van der Waals surface area contributed by atoms with Crippen molar-refractivity contribution < 1.29 is 14.7 Å². The van der Waals surface area contributed by atoms with Crippen LogP contribution in [-0.2, 0) is 0 Å². The first-order valence-electron chi connectivity index (χ1n) is 7.14. The van der Waals surface area contributed by atoms with Crippen LogP contribution in [0.5, 0.6) is 0 Å². The second kappa shape index (κ2) is 5.63. The number of piperidine rings is 1. The van der Waals surface area contributed by atoms with Crippen molar-refractivity contribution in [3.8, 4) is 0 Å². The first kappa shape index (κ1) is 15.4. The molecule has 5 nitrogen and oxygen atoms in total. The quantitative estimate of drug-likeness (QED) is 0.866. The molecule has 2 aliphatic rings. The summed E-state index contributed by atoms with van der Waals surface area (Å²) in [5, 5.41) is 12.8. The number of nitrogens with zero attached hydrogens (tertiary/aromatic N) is 1. The van der Waals surface area contributed by atoms with E-state index in [9.17, 15) is 9.59 Å². The smallest absolute Gasteiger partial charge is 0.407 e. The summed E-state index contributed by atoms with van der Waals surface area (Å²) in [5.41, 5.74) is 0.506. The molecule has 1 spiro atoms. The maximum absolute atomic E-state index is 12.3. The molecule has 0 aromatic heterocycles. The van der Waals surface area contributed by atoms with Crippen LogP contribution in [0.15, 0.2) is 18.2 Å². The van der Waals surface area contributed by atoms with Gasteiger partial charge in [-0.2, -0.15) is 0 Å². The lowest BCUT2D eigenvalue weighted by molar-refractivity contribution is 0.0927. The fraction of sp³-hybridized carbons (Fsp3) is 0.467. The summed E-state index contributed by atoms with van der Waals surface area (Å²) < 4.78 is 0. The van der Waals surface area contributed by atoms with Gasteiger partial charge in [-0.3, -0.25) is 4.79 Å². The van der Waals surface area contributed by atoms with Crippen molar-refractivity contribution >= 4 is 35.2 Å². The van der Waals surface area contributed by atoms with E-state index in [4.69, 9.17) is 28.3 Å². The molecule has 1 saturated heterocycles. The molecule has 118 valence electrons. The molecule has 7 heteroatoms. The van der Waals surface area contributed by atoms with E-state index >= 15 is 0 Å². The molecule has 2 N–H and O–H groups in total. The van der Waals surface area contributed by atoms with Crippen molar-refractivity contribution in [2.45, 2.75) is 25.3 Å². The highest BCUT2D eigenvalue weighted by Crippen LogP contribution is 2.53. The van der Waals surface area contributed by atoms with Gasteiger partial charge in [0.2, 0.25) is 0 Å². The van der Waals surface area contributed by atoms with Gasteiger partial charge in [0.25, 0.3) is 5.91 Å². The minimum absolute atomic E-state index is 0.0595. The molecule has 2 fully saturated rings. The topological polar surface area (TPSA) is 69.6 Å². The largest absolute Gasteiger partial charge is 0.465 e. The Labute approximate surface area is 138 Å². The van der Waals surface area contributed by atoms with Crippen LogP contribution in [-0.4, -0.2) is 41.1 Å². The molecule has 0 radical (unpaired) electrons. The standard InChI is InChI=1S/C15H16Cl2N2O3/c16-10-5-9(6-11(17)7-10)13(20)18-12-8-15(12)1-3-19(4-2-15)14(21)22/h5-7,12H,1-4,8H2,(H,18,20)(H,21,22)/t12-/m0/s1. The average molecular weight is 343 g/mol. The minimum Gasteiger partial charge on any atom is -0.465 e. The van der Waals surface area contributed by atoms with Gasteiger partial charge in [-0.25, -0.2) is 4.79 Å². The van der Waals surface area contributed by atoms with Crippen molar-refractivity contribution in [1.82, 2.24) is 10.2 Å². The van der Waals surface area contributed by atoms with E-state index < -0.39 is 6.09 Å². The Hall–Kier alpha value is -1.46. The highest BCUT2D eigenvalue weighted by molar-refractivity contribution is 6.35. The third kappa shape index (κ3) is 3.01. The molecule has 22 heavy (non-hydrogen) atoms. The first-order valence-corrected chi connectivity index (χ1v) is 7.90. The van der Waals surface area contributed by atoms with E-state index in [1.807, 2.05) is 0 Å². The Kier molecular flexibility index (Phi) is 3.95. The zero-order chi connectivity index (χ0) is 15.9. The molecule has 3 rings (SSSR count). The first-order chi connectivity index (χ1) is 10.4. The average Bonchev–Trinajstić information content (AvgIpc) is 3.09. The summed E-state index contributed by atoms with van der Waals surface area (Å²) in [7, 11) is 0. The van der Waals surface area contributed by atoms with Crippen LogP contribution in [0.1, 0.15) is 29.6 Å². The molecule has 1 aromatic carbocycles. The van der Waals surface area contributed by atoms with E-state index in [1.54, 1.807) is 18.2 Å². The third-order valence-corrected chi connectivity index (χ3v) is 5.09. The molecule has 0 bridgehead atoms. The second-order valence-corrected chi connectivity index (χ2v) is 6.89. The summed E-state index contributed by atoms with van der Waals surface area (Å²) in [6.45, 7) is 1.06. The molecule has 0 unspecified atom stereocenters. The van der Waals surface area contributed by atoms with Crippen LogP contribution in [0.4, 0.5) is 4.79 Å². The Morgan fingerprint density at radius 2 is 1.77 bits per heavy atom. The highest BCUT2D eigenvalue weighted by atomic mass is 35.5. The van der Waals surface area contributed by atoms with E-state index in [2.05, 4.69) is 5.32 Å². The molecular formula is C15H16Cl2N2O3. The van der Waals surface area contributed by atoms with Gasteiger partial charge in [0.05, 0.1) is 0 Å². The minimum atomic E-state index is -0.871. The number of rotatable bonds is 2. The lowest BCUT2D eigenvalue weighted by Gasteiger charge is -2.30. The van der Waals surface area contributed by atoms with Crippen LogP contribution in [0.25, 0.3) is 0 Å². The van der Waals surface area contributed by atoms with E-state index in [1.165, 1.54) is 4.90 Å². The van der Waals surface area contributed by atoms with Gasteiger partial charge in [0, 0.05) is 34.7 Å². The maximum Gasteiger partial charge on any atom is 0.407 e. The van der Waals surface area contributed by atoms with E-state index in [-0.39, 0.29) is 17.4 Å². The van der Waals surface area contributed by atoms with Gasteiger partial charge in [-0.15, -0.1) is 0 Å². The fourth-order valence-corrected chi connectivity index (χ4v) is 3.70. The van der Waals surface area contributed by atoms with Crippen molar-refractivity contribution in [2.24, 2.45) is 5.41 Å². The van der Waals surface area contributed by atoms with Crippen LogP contribution in [0.3, 0.4) is 0 Å². The maximum atomic E-state index is 12.3. The summed E-state index contributed by atoms with van der Waals surface area (Å²) in [5.74, 6) is -0.188. The number of hydrogen-bond donors (Lipinski definition) is 2. The Bertz CT molecular complexity index is 607. The van der Waals surface area contributed by atoms with Crippen molar-refractivity contribution in [3.63, 3.8) is 0 Å². The molecule has 1 aromatic rings. The number of benzene rings is 1. The monoisotopic (exact) mass is 342 g/mol. The van der Waals surface area contributed by atoms with Gasteiger partial charge in [0.15, 0.2) is 0 Å². The number of nitrogens with one attached hydrogen (secondary N) is 1. The third-order valence-electron chi connectivity index (χ3n) is 4.65. The van der Waals surface area contributed by atoms with Gasteiger partial charge >= 0.3 is 6.09 Å². The normalized spacial score (nSPS) is 22.5. The number of likely N-dealkylation sites (tertiary alicyclic amines) is 1. The molecule has 1 aliphatic carbocycles. The summed E-state index contributed by atoms with van der Waals surface area (Å²) in [4.78, 5) is 24.6. The van der Waals surface area contributed by atoms with Gasteiger partial charge in [-0.05, 0) is 42.9 Å². The van der Waals surface area contributed by atoms with E-state index in [0.717, 1.165) is 19.3 Å². The summed E-state index contributed by atoms with van der Waals surface area (Å²) in [6.07, 6.45) is 1.62. The Morgan fingerprint density at radius 1 is 1.18 bits per heavy atom. The molecule has 1 aliphatic heterocycles. The predicted octanol–water partition coefficient (Wildman–Crippen LogP) is 3.26. The number of carboxylic acid groups (broad SMARTS) is 1. The summed E-state index contributed by atoms with van der Waals surface area (Å²) >= 11 is 11.8. The number of halogens is 2. The van der Waals surface area contributed by atoms with Crippen LogP contribution >= 0.6 is 23.2 Å². The molecule has 2 amide bonds. The SMILES string of the molecule is O=C(N[C@H]1CC12CCN(C(=O)O)CC2)c1cc(Cl)cc(Cl)c1.